The van der Waals surface area contributed by atoms with Gasteiger partial charge in [-0.1, -0.05) is 6.07 Å². The van der Waals surface area contributed by atoms with Crippen LogP contribution in [0.3, 0.4) is 0 Å². The van der Waals surface area contributed by atoms with E-state index in [1.165, 1.54) is 6.33 Å². The number of aromatic nitrogens is 3. The van der Waals surface area contributed by atoms with Crippen LogP contribution in [0.4, 0.5) is 5.82 Å². The summed E-state index contributed by atoms with van der Waals surface area (Å²) in [6, 6.07) is 3.83. The molecular weight excluding hydrogens is 240 g/mol. The van der Waals surface area contributed by atoms with Gasteiger partial charge in [0.25, 0.3) is 0 Å². The molecule has 2 aromatic heterocycles. The van der Waals surface area contributed by atoms with Gasteiger partial charge in [-0.15, -0.1) is 0 Å². The van der Waals surface area contributed by atoms with E-state index < -0.39 is 0 Å². The lowest BCUT2D eigenvalue weighted by Crippen LogP contribution is -2.35. The van der Waals surface area contributed by atoms with Crippen molar-refractivity contribution < 1.29 is 4.79 Å². The van der Waals surface area contributed by atoms with Crippen LogP contribution < -0.4 is 4.90 Å². The highest BCUT2D eigenvalue weighted by Gasteiger charge is 2.26. The van der Waals surface area contributed by atoms with E-state index in [9.17, 15) is 4.79 Å². The largest absolute Gasteiger partial charge is 0.292 e. The molecule has 19 heavy (non-hydrogen) atoms. The zero-order valence-electron chi connectivity index (χ0n) is 10.7. The highest BCUT2D eigenvalue weighted by atomic mass is 16.2. The number of rotatable bonds is 2. The molecule has 3 rings (SSSR count). The molecule has 5 nitrogen and oxygen atoms in total. The number of aryl methyl sites for hydroxylation is 1. The number of carbonyl (C=O) groups is 1. The van der Waals surface area contributed by atoms with Crippen molar-refractivity contribution in [1.29, 1.82) is 0 Å². The predicted octanol–water partition coefficient (Wildman–Crippen LogP) is 1.66. The molecule has 0 bridgehead atoms. The van der Waals surface area contributed by atoms with Gasteiger partial charge >= 0.3 is 0 Å². The average molecular weight is 254 g/mol. The van der Waals surface area contributed by atoms with Gasteiger partial charge < -0.3 is 0 Å². The highest BCUT2D eigenvalue weighted by molar-refractivity contribution is 5.95. The first-order valence-electron chi connectivity index (χ1n) is 6.25. The van der Waals surface area contributed by atoms with Crippen LogP contribution >= 0.6 is 0 Å². The Balaban J connectivity index is 1.98. The first-order chi connectivity index (χ1) is 9.25. The first kappa shape index (κ1) is 11.8. The molecule has 0 radical (unpaired) electrons. The molecule has 1 aliphatic heterocycles. The Kier molecular flexibility index (Phi) is 2.95. The number of nitrogens with zero attached hydrogens (tertiary/aromatic N) is 4. The van der Waals surface area contributed by atoms with Crippen LogP contribution in [-0.4, -0.2) is 20.9 Å². The van der Waals surface area contributed by atoms with Crippen LogP contribution in [-0.2, 0) is 17.8 Å². The molecule has 0 aromatic carbocycles. The quantitative estimate of drug-likeness (QED) is 0.817. The Morgan fingerprint density at radius 3 is 3.00 bits per heavy atom. The van der Waals surface area contributed by atoms with Crippen molar-refractivity contribution in [2.45, 2.75) is 26.3 Å². The molecular formula is C14H14N4O. The molecule has 2 aromatic rings. The number of pyridine rings is 1. The van der Waals surface area contributed by atoms with E-state index in [1.807, 2.05) is 19.1 Å². The van der Waals surface area contributed by atoms with Crippen molar-refractivity contribution in [2.24, 2.45) is 0 Å². The zero-order valence-corrected chi connectivity index (χ0v) is 10.7. The summed E-state index contributed by atoms with van der Waals surface area (Å²) in [4.78, 5) is 26.4. The Labute approximate surface area is 111 Å². The minimum absolute atomic E-state index is 0.106. The summed E-state index contributed by atoms with van der Waals surface area (Å²) in [6.45, 7) is 2.47. The molecule has 0 atom stereocenters. The number of amides is 1. The maximum Gasteiger partial charge on any atom is 0.228 e. The summed E-state index contributed by atoms with van der Waals surface area (Å²) >= 11 is 0. The molecule has 5 heteroatoms. The molecule has 0 saturated carbocycles. The van der Waals surface area contributed by atoms with Crippen LogP contribution in [0.25, 0.3) is 0 Å². The fourth-order valence-electron chi connectivity index (χ4n) is 2.34. The molecule has 1 amide bonds. The van der Waals surface area contributed by atoms with Crippen molar-refractivity contribution in [2.75, 3.05) is 4.90 Å². The zero-order chi connectivity index (χ0) is 13.2. The van der Waals surface area contributed by atoms with Crippen LogP contribution in [0.5, 0.6) is 0 Å². The molecule has 0 fully saturated rings. The van der Waals surface area contributed by atoms with Crippen molar-refractivity contribution in [3.63, 3.8) is 0 Å². The smallest absolute Gasteiger partial charge is 0.228 e. The maximum absolute atomic E-state index is 12.1. The number of hydrogen-bond donors (Lipinski definition) is 0. The van der Waals surface area contributed by atoms with Crippen LogP contribution in [0.1, 0.15) is 23.2 Å². The second-order valence-corrected chi connectivity index (χ2v) is 4.60. The molecule has 0 N–H and O–H groups in total. The van der Waals surface area contributed by atoms with Gasteiger partial charge in [0.1, 0.15) is 12.1 Å². The predicted molar refractivity (Wildman–Crippen MR) is 70.5 cm³/mol. The average Bonchev–Trinajstić information content (AvgIpc) is 2.43. The minimum Gasteiger partial charge on any atom is -0.292 e. The van der Waals surface area contributed by atoms with E-state index in [1.54, 1.807) is 17.3 Å². The second-order valence-electron chi connectivity index (χ2n) is 4.60. The molecule has 0 spiro atoms. The van der Waals surface area contributed by atoms with Crippen LogP contribution in [0.15, 0.2) is 30.9 Å². The maximum atomic E-state index is 12.1. The molecule has 1 aliphatic rings. The SMILES string of the molecule is Cc1ncnc2c1CCC(=O)N2Cc1cccnc1. The fraction of sp³-hybridized carbons (Fsp3) is 0.286. The summed E-state index contributed by atoms with van der Waals surface area (Å²) < 4.78 is 0. The van der Waals surface area contributed by atoms with Crippen molar-refractivity contribution in [3.8, 4) is 0 Å². The number of hydrogen-bond acceptors (Lipinski definition) is 4. The Bertz CT molecular complexity index is 612. The monoisotopic (exact) mass is 254 g/mol. The van der Waals surface area contributed by atoms with Gasteiger partial charge in [-0.3, -0.25) is 14.7 Å². The van der Waals surface area contributed by atoms with Crippen molar-refractivity contribution in [3.05, 3.63) is 47.7 Å². The van der Waals surface area contributed by atoms with Gasteiger partial charge in [-0.2, -0.15) is 0 Å². The minimum atomic E-state index is 0.106. The van der Waals surface area contributed by atoms with E-state index in [2.05, 4.69) is 15.0 Å². The van der Waals surface area contributed by atoms with E-state index in [-0.39, 0.29) is 5.91 Å². The lowest BCUT2D eigenvalue weighted by molar-refractivity contribution is -0.119. The Morgan fingerprint density at radius 2 is 2.21 bits per heavy atom. The van der Waals surface area contributed by atoms with Gasteiger partial charge in [0.05, 0.1) is 6.54 Å². The summed E-state index contributed by atoms with van der Waals surface area (Å²) in [6.07, 6.45) is 6.26. The first-order valence-corrected chi connectivity index (χ1v) is 6.25. The Morgan fingerprint density at radius 1 is 1.32 bits per heavy atom. The third-order valence-corrected chi connectivity index (χ3v) is 3.35. The lowest BCUT2D eigenvalue weighted by Gasteiger charge is -2.28. The standard InChI is InChI=1S/C14H14N4O/c1-10-12-4-5-13(19)18(14(12)17-9-16-10)8-11-3-2-6-15-7-11/h2-3,6-7,9H,4-5,8H2,1H3. The van der Waals surface area contributed by atoms with Gasteiger partial charge in [0.2, 0.25) is 5.91 Å². The van der Waals surface area contributed by atoms with Gasteiger partial charge in [0.15, 0.2) is 0 Å². The third-order valence-electron chi connectivity index (χ3n) is 3.35. The summed E-state index contributed by atoms with van der Waals surface area (Å²) in [7, 11) is 0. The van der Waals surface area contributed by atoms with Gasteiger partial charge in [-0.25, -0.2) is 9.97 Å². The summed E-state index contributed by atoms with van der Waals surface area (Å²) in [5.74, 6) is 0.849. The van der Waals surface area contributed by atoms with Crippen LogP contribution in [0.2, 0.25) is 0 Å². The van der Waals surface area contributed by atoms with Crippen molar-refractivity contribution in [1.82, 2.24) is 15.0 Å². The van der Waals surface area contributed by atoms with Crippen LogP contribution in [0, 0.1) is 6.92 Å². The van der Waals surface area contributed by atoms with Gasteiger partial charge in [-0.05, 0) is 25.0 Å². The molecule has 3 heterocycles. The highest BCUT2D eigenvalue weighted by Crippen LogP contribution is 2.28. The third kappa shape index (κ3) is 2.19. The summed E-state index contributed by atoms with van der Waals surface area (Å²) in [5.41, 5.74) is 3.03. The lowest BCUT2D eigenvalue weighted by atomic mass is 10.0. The van der Waals surface area contributed by atoms with Gasteiger partial charge in [0, 0.05) is 30.1 Å². The van der Waals surface area contributed by atoms with E-state index in [0.29, 0.717) is 13.0 Å². The van der Waals surface area contributed by atoms with E-state index >= 15 is 0 Å². The molecule has 0 aliphatic carbocycles. The molecule has 0 unspecified atom stereocenters. The second kappa shape index (κ2) is 4.76. The topological polar surface area (TPSA) is 59.0 Å². The molecule has 96 valence electrons. The normalized spacial score (nSPS) is 14.4. The number of carbonyl (C=O) groups excluding carboxylic acids is 1. The molecule has 0 saturated heterocycles. The summed E-state index contributed by atoms with van der Waals surface area (Å²) in [5, 5.41) is 0. The van der Waals surface area contributed by atoms with E-state index in [0.717, 1.165) is 29.1 Å². The number of anilines is 1. The number of fused-ring (bicyclic) bond motifs is 1. The van der Waals surface area contributed by atoms with Crippen molar-refractivity contribution >= 4 is 11.7 Å². The Hall–Kier alpha value is -2.30. The van der Waals surface area contributed by atoms with E-state index in [4.69, 9.17) is 0 Å². The fourth-order valence-corrected chi connectivity index (χ4v) is 2.34.